The van der Waals surface area contributed by atoms with Crippen LogP contribution in [0.4, 0.5) is 21.8 Å². The Labute approximate surface area is 119 Å². The minimum absolute atomic E-state index is 0.209. The maximum absolute atomic E-state index is 13.2. The van der Waals surface area contributed by atoms with Gasteiger partial charge in [0.25, 0.3) is 0 Å². The minimum Gasteiger partial charge on any atom is -0.368 e. The van der Waals surface area contributed by atoms with Crippen molar-refractivity contribution in [1.29, 1.82) is 0 Å². The quantitative estimate of drug-likeness (QED) is 0.771. The van der Waals surface area contributed by atoms with Gasteiger partial charge in [0.2, 0.25) is 5.95 Å². The summed E-state index contributed by atoms with van der Waals surface area (Å²) in [5, 5.41) is 4.01. The number of aromatic nitrogens is 2. The van der Waals surface area contributed by atoms with E-state index in [9.17, 15) is 4.39 Å². The van der Waals surface area contributed by atoms with Crippen LogP contribution in [-0.2, 0) is 6.42 Å². The average Bonchev–Trinajstić information content (AvgIpc) is 2.82. The smallest absolute Gasteiger partial charge is 0.223 e. The zero-order valence-corrected chi connectivity index (χ0v) is 11.7. The van der Waals surface area contributed by atoms with Crippen LogP contribution in [0.15, 0.2) is 30.3 Å². The van der Waals surface area contributed by atoms with Crippen molar-refractivity contribution in [2.75, 3.05) is 11.1 Å². The van der Waals surface area contributed by atoms with Crippen LogP contribution < -0.4 is 11.1 Å². The lowest BCUT2D eigenvalue weighted by molar-refractivity contribution is 0.628. The normalized spacial score (nSPS) is 10.9. The summed E-state index contributed by atoms with van der Waals surface area (Å²) >= 11 is 1.59. The molecular weight excluding hydrogens is 275 g/mol. The number of benzene rings is 1. The highest BCUT2D eigenvalue weighted by Crippen LogP contribution is 2.31. The van der Waals surface area contributed by atoms with Crippen LogP contribution in [0.2, 0.25) is 0 Å². The first kappa shape index (κ1) is 12.8. The van der Waals surface area contributed by atoms with Crippen molar-refractivity contribution in [2.45, 2.75) is 13.3 Å². The topological polar surface area (TPSA) is 63.8 Å². The molecule has 2 heterocycles. The van der Waals surface area contributed by atoms with Gasteiger partial charge in [0.05, 0.1) is 5.39 Å². The zero-order valence-electron chi connectivity index (χ0n) is 10.9. The van der Waals surface area contributed by atoms with Crippen molar-refractivity contribution >= 4 is 39.0 Å². The molecule has 3 N–H and O–H groups in total. The van der Waals surface area contributed by atoms with E-state index in [2.05, 4.69) is 22.2 Å². The molecular formula is C14H13FN4S. The summed E-state index contributed by atoms with van der Waals surface area (Å²) in [5.41, 5.74) is 6.36. The molecule has 6 heteroatoms. The summed E-state index contributed by atoms with van der Waals surface area (Å²) in [7, 11) is 0. The second-order valence-electron chi connectivity index (χ2n) is 4.35. The number of thiophene rings is 1. The maximum Gasteiger partial charge on any atom is 0.223 e. The molecule has 4 nitrogen and oxygen atoms in total. The molecule has 3 rings (SSSR count). The average molecular weight is 288 g/mol. The monoisotopic (exact) mass is 288 g/mol. The Morgan fingerprint density at radius 1 is 1.30 bits per heavy atom. The van der Waals surface area contributed by atoms with E-state index in [0.717, 1.165) is 16.6 Å². The van der Waals surface area contributed by atoms with Gasteiger partial charge >= 0.3 is 0 Å². The van der Waals surface area contributed by atoms with Gasteiger partial charge in [-0.1, -0.05) is 13.0 Å². The Balaban J connectivity index is 2.08. The summed E-state index contributed by atoms with van der Waals surface area (Å²) < 4.78 is 13.2. The maximum atomic E-state index is 13.2. The molecule has 0 aliphatic heterocycles. The predicted octanol–water partition coefficient (Wildman–Crippen LogP) is 3.72. The van der Waals surface area contributed by atoms with E-state index in [1.54, 1.807) is 23.5 Å². The van der Waals surface area contributed by atoms with E-state index in [4.69, 9.17) is 5.73 Å². The highest BCUT2D eigenvalue weighted by atomic mass is 32.1. The lowest BCUT2D eigenvalue weighted by Crippen LogP contribution is -2.00. The van der Waals surface area contributed by atoms with Crippen LogP contribution in [-0.4, -0.2) is 9.97 Å². The van der Waals surface area contributed by atoms with Gasteiger partial charge in [-0.25, -0.2) is 9.37 Å². The Morgan fingerprint density at radius 2 is 2.15 bits per heavy atom. The molecule has 102 valence electrons. The van der Waals surface area contributed by atoms with Crippen molar-refractivity contribution in [1.82, 2.24) is 9.97 Å². The van der Waals surface area contributed by atoms with Crippen molar-refractivity contribution in [3.63, 3.8) is 0 Å². The first-order chi connectivity index (χ1) is 9.65. The third kappa shape index (κ3) is 2.42. The van der Waals surface area contributed by atoms with Gasteiger partial charge in [-0.05, 0) is 30.7 Å². The van der Waals surface area contributed by atoms with Crippen molar-refractivity contribution in [3.05, 3.63) is 41.0 Å². The summed E-state index contributed by atoms with van der Waals surface area (Å²) in [5.74, 6) is 0.516. The molecule has 0 aliphatic carbocycles. The highest BCUT2D eigenvalue weighted by Gasteiger charge is 2.10. The number of nitrogens with one attached hydrogen (secondary N) is 1. The number of nitrogens with two attached hydrogens (primary N) is 1. The van der Waals surface area contributed by atoms with Crippen LogP contribution in [0, 0.1) is 5.82 Å². The number of nitrogen functional groups attached to an aromatic ring is 1. The van der Waals surface area contributed by atoms with E-state index in [0.29, 0.717) is 11.5 Å². The number of halogens is 1. The molecule has 0 spiro atoms. The molecule has 20 heavy (non-hydrogen) atoms. The van der Waals surface area contributed by atoms with Gasteiger partial charge in [-0.2, -0.15) is 4.98 Å². The molecule has 0 radical (unpaired) electrons. The zero-order chi connectivity index (χ0) is 14.1. The molecule has 0 aliphatic rings. The van der Waals surface area contributed by atoms with Gasteiger partial charge in [0.1, 0.15) is 16.5 Å². The van der Waals surface area contributed by atoms with Gasteiger partial charge in [-0.3, -0.25) is 0 Å². The molecule has 1 aromatic carbocycles. The molecule has 3 aromatic rings. The molecule has 0 fully saturated rings. The number of anilines is 3. The van der Waals surface area contributed by atoms with Crippen LogP contribution in [0.3, 0.4) is 0 Å². The van der Waals surface area contributed by atoms with Crippen LogP contribution >= 0.6 is 11.3 Å². The van der Waals surface area contributed by atoms with Crippen LogP contribution in [0.1, 0.15) is 11.8 Å². The first-order valence-corrected chi connectivity index (χ1v) is 7.06. The largest absolute Gasteiger partial charge is 0.368 e. The summed E-state index contributed by atoms with van der Waals surface area (Å²) in [6.45, 7) is 2.08. The molecule has 0 unspecified atom stereocenters. The molecule has 0 saturated carbocycles. The molecule has 0 atom stereocenters. The van der Waals surface area contributed by atoms with E-state index in [1.165, 1.54) is 17.0 Å². The fraction of sp³-hybridized carbons (Fsp3) is 0.143. The second kappa shape index (κ2) is 5.05. The number of rotatable bonds is 3. The fourth-order valence-electron chi connectivity index (χ4n) is 1.96. The predicted molar refractivity (Wildman–Crippen MR) is 80.9 cm³/mol. The Bertz CT molecular complexity index is 769. The van der Waals surface area contributed by atoms with Crippen molar-refractivity contribution in [3.8, 4) is 0 Å². The number of aryl methyl sites for hydroxylation is 1. The van der Waals surface area contributed by atoms with Crippen molar-refractivity contribution < 1.29 is 4.39 Å². The molecule has 2 aromatic heterocycles. The van der Waals surface area contributed by atoms with Gasteiger partial charge in [-0.15, -0.1) is 11.3 Å². The standard InChI is InChI=1S/C14H13FN4S/c1-2-10-7-11-12(18-14(16)19-13(11)20-10)17-9-5-3-4-8(15)6-9/h3-7H,2H2,1H3,(H3,16,17,18,19). The first-order valence-electron chi connectivity index (χ1n) is 6.24. The van der Waals surface area contributed by atoms with Gasteiger partial charge < -0.3 is 11.1 Å². The lowest BCUT2D eigenvalue weighted by Gasteiger charge is -2.07. The van der Waals surface area contributed by atoms with E-state index in [-0.39, 0.29) is 11.8 Å². The van der Waals surface area contributed by atoms with Crippen LogP contribution in [0.5, 0.6) is 0 Å². The number of fused-ring (bicyclic) bond motifs is 1. The van der Waals surface area contributed by atoms with Crippen molar-refractivity contribution in [2.24, 2.45) is 0 Å². The summed E-state index contributed by atoms with van der Waals surface area (Å²) in [6.07, 6.45) is 0.931. The van der Waals surface area contributed by atoms with Gasteiger partial charge in [0.15, 0.2) is 0 Å². The van der Waals surface area contributed by atoms with Crippen LogP contribution in [0.25, 0.3) is 10.2 Å². The highest BCUT2D eigenvalue weighted by molar-refractivity contribution is 7.18. The van der Waals surface area contributed by atoms with Gasteiger partial charge in [0, 0.05) is 10.6 Å². The number of hydrogen-bond donors (Lipinski definition) is 2. The SMILES string of the molecule is CCc1cc2c(Nc3cccc(F)c3)nc(N)nc2s1. The molecule has 0 saturated heterocycles. The van der Waals surface area contributed by atoms with E-state index in [1.807, 2.05) is 6.07 Å². The van der Waals surface area contributed by atoms with E-state index < -0.39 is 0 Å². The summed E-state index contributed by atoms with van der Waals surface area (Å²) in [4.78, 5) is 10.5. The number of hydrogen-bond acceptors (Lipinski definition) is 5. The third-order valence-corrected chi connectivity index (χ3v) is 4.07. The molecule has 0 amide bonds. The number of nitrogens with zero attached hydrogens (tertiary/aromatic N) is 2. The Hall–Kier alpha value is -2.21. The molecule has 0 bridgehead atoms. The second-order valence-corrected chi connectivity index (χ2v) is 5.47. The minimum atomic E-state index is -0.298. The third-order valence-electron chi connectivity index (χ3n) is 2.90. The Morgan fingerprint density at radius 3 is 2.90 bits per heavy atom. The lowest BCUT2D eigenvalue weighted by atomic mass is 10.2. The Kier molecular flexibility index (Phi) is 3.23. The summed E-state index contributed by atoms with van der Waals surface area (Å²) in [6, 6.07) is 8.28. The fourth-order valence-corrected chi connectivity index (χ4v) is 2.93. The van der Waals surface area contributed by atoms with E-state index >= 15 is 0 Å².